The van der Waals surface area contributed by atoms with E-state index >= 15 is 0 Å². The van der Waals surface area contributed by atoms with E-state index in [1.165, 1.54) is 24.3 Å². The van der Waals surface area contributed by atoms with Gasteiger partial charge in [0.15, 0.2) is 11.4 Å². The van der Waals surface area contributed by atoms with Crippen molar-refractivity contribution in [2.24, 2.45) is 0 Å². The second-order valence-electron chi connectivity index (χ2n) is 15.0. The molecule has 0 radical (unpaired) electrons. The fourth-order valence-electron chi connectivity index (χ4n) is 7.85. The first-order valence-electron chi connectivity index (χ1n) is 20.4. The maximum Gasteiger partial charge on any atom is 1.00 e. The molecular formula is C48H43Cl4F2LiN4O5. The summed E-state index contributed by atoms with van der Waals surface area (Å²) in [6, 6.07) is 22.8. The van der Waals surface area contributed by atoms with Crippen LogP contribution in [-0.2, 0) is 17.6 Å². The van der Waals surface area contributed by atoms with Gasteiger partial charge in [0, 0.05) is 21.2 Å². The minimum atomic E-state index is -1.07. The zero-order valence-corrected chi connectivity index (χ0v) is 38.2. The van der Waals surface area contributed by atoms with Gasteiger partial charge in [-0.3, -0.25) is 0 Å². The molecule has 8 rings (SSSR count). The third-order valence-electron chi connectivity index (χ3n) is 10.7. The molecule has 2 heterocycles. The maximum absolute atomic E-state index is 13.4. The number of fused-ring (bicyclic) bond motifs is 2. The van der Waals surface area contributed by atoms with Crippen LogP contribution in [0.5, 0.6) is 0 Å². The van der Waals surface area contributed by atoms with Crippen molar-refractivity contribution in [1.29, 1.82) is 0 Å². The minimum absolute atomic E-state index is 0. The van der Waals surface area contributed by atoms with Crippen molar-refractivity contribution in [1.82, 2.24) is 19.6 Å². The number of carboxylic acids is 1. The summed E-state index contributed by atoms with van der Waals surface area (Å²) in [7, 11) is 0. The molecule has 0 unspecified atom stereocenters. The van der Waals surface area contributed by atoms with Crippen LogP contribution in [0.15, 0.2) is 84.9 Å². The van der Waals surface area contributed by atoms with E-state index in [0.717, 1.165) is 90.6 Å². The molecule has 328 valence electrons. The number of rotatable bonds is 7. The largest absolute Gasteiger partial charge is 1.00 e. The molecule has 2 aliphatic rings. The molecule has 2 N–H and O–H groups in total. The average Bonchev–Trinajstić information content (AvgIpc) is 3.78. The van der Waals surface area contributed by atoms with Gasteiger partial charge in [-0.2, -0.15) is 10.2 Å². The van der Waals surface area contributed by atoms with Gasteiger partial charge in [-0.25, -0.2) is 27.7 Å². The molecule has 0 saturated heterocycles. The molecule has 0 spiro atoms. The van der Waals surface area contributed by atoms with Gasteiger partial charge in [0.1, 0.15) is 11.6 Å². The van der Waals surface area contributed by atoms with Crippen molar-refractivity contribution < 1.29 is 52.6 Å². The Morgan fingerprint density at radius 2 is 1.05 bits per heavy atom. The second-order valence-corrected chi connectivity index (χ2v) is 16.6. The van der Waals surface area contributed by atoms with E-state index in [-0.39, 0.29) is 48.3 Å². The first kappa shape index (κ1) is 50.3. The predicted octanol–water partition coefficient (Wildman–Crippen LogP) is 10.7. The van der Waals surface area contributed by atoms with Crippen LogP contribution in [0.25, 0.3) is 34.7 Å². The van der Waals surface area contributed by atoms with E-state index in [0.29, 0.717) is 55.6 Å². The van der Waals surface area contributed by atoms with Crippen LogP contribution in [0.3, 0.4) is 0 Å². The Hall–Kier alpha value is -4.70. The molecule has 0 amide bonds. The molecule has 16 heteroatoms. The predicted molar refractivity (Wildman–Crippen MR) is 245 cm³/mol. The van der Waals surface area contributed by atoms with E-state index < -0.39 is 11.9 Å². The first-order valence-corrected chi connectivity index (χ1v) is 21.9. The van der Waals surface area contributed by atoms with Crippen LogP contribution in [0.2, 0.25) is 20.1 Å². The zero-order chi connectivity index (χ0) is 43.9. The normalized spacial score (nSPS) is 14.9. The number of hydrogen-bond acceptors (Lipinski definition) is 6. The second kappa shape index (κ2) is 23.0. The molecule has 0 atom stereocenters. The summed E-state index contributed by atoms with van der Waals surface area (Å²) in [5, 5.41) is 20.7. The number of halogens is 6. The van der Waals surface area contributed by atoms with Crippen molar-refractivity contribution in [2.45, 2.75) is 71.1 Å². The van der Waals surface area contributed by atoms with E-state index in [2.05, 4.69) is 10.2 Å². The summed E-state index contributed by atoms with van der Waals surface area (Å²) in [6.45, 7) is 2.04. The van der Waals surface area contributed by atoms with Gasteiger partial charge in [0.05, 0.1) is 39.4 Å². The van der Waals surface area contributed by atoms with Gasteiger partial charge in [0.25, 0.3) is 0 Å². The van der Waals surface area contributed by atoms with E-state index in [1.54, 1.807) is 77.0 Å². The number of carboxylic acid groups (broad SMARTS) is 1. The third kappa shape index (κ3) is 11.8. The minimum Gasteiger partial charge on any atom is -0.870 e. The molecule has 9 nitrogen and oxygen atoms in total. The molecule has 4 aromatic carbocycles. The molecule has 0 saturated carbocycles. The monoisotopic (exact) mass is 940 g/mol. The molecular weight excluding hydrogens is 899 g/mol. The van der Waals surface area contributed by atoms with Crippen LogP contribution in [0.1, 0.15) is 113 Å². The summed E-state index contributed by atoms with van der Waals surface area (Å²) in [5.41, 5.74) is 8.32. The molecule has 6 aromatic rings. The van der Waals surface area contributed by atoms with Crippen molar-refractivity contribution in [3.63, 3.8) is 0 Å². The standard InChI is InChI=1S/C25H23Cl2FN2O2.C23H19Cl2FN2O2.Li.H2O/c1-2-32-25(31)23-20-7-5-3-4-6-17(14-16-8-11-19(28)12-9-16)24(20)30(29-23)22-13-10-18(26)15-21(22)27;24-16-8-11-20(19(25)13-16)28-22-15(12-14-6-9-17(26)10-7-14)4-2-1-3-5-18(22)21(27-28)23(29)30;;/h8-15H,2-7H2,1H3;6-13H,1-5H2,(H,29,30);;1H2/q;;+1;/p-1/b17-14+;15-12+;;. The summed E-state index contributed by atoms with van der Waals surface area (Å²) in [6.07, 6.45) is 12.7. The number of hydrogen-bond donors (Lipinski definition) is 1. The smallest absolute Gasteiger partial charge is 0.870 e. The third-order valence-corrected chi connectivity index (χ3v) is 11.8. The summed E-state index contributed by atoms with van der Waals surface area (Å²) in [5.74, 6) is -2.11. The van der Waals surface area contributed by atoms with Gasteiger partial charge in [0.2, 0.25) is 0 Å². The van der Waals surface area contributed by atoms with Gasteiger partial charge in [-0.05, 0) is 153 Å². The van der Waals surface area contributed by atoms with Gasteiger partial charge >= 0.3 is 30.8 Å². The fraction of sp³-hybridized carbons (Fsp3) is 0.250. The quantitative estimate of drug-likeness (QED) is 0.125. The van der Waals surface area contributed by atoms with Crippen molar-refractivity contribution in [2.75, 3.05) is 6.61 Å². The Bertz CT molecular complexity index is 2680. The number of carbonyl (C=O) groups excluding carboxylic acids is 1. The van der Waals surface area contributed by atoms with Gasteiger partial charge in [-0.15, -0.1) is 0 Å². The Labute approximate surface area is 402 Å². The fourth-order valence-corrected chi connectivity index (χ4v) is 8.83. The number of esters is 1. The first-order chi connectivity index (χ1) is 29.9. The molecule has 0 fully saturated rings. The number of aromatic nitrogens is 4. The van der Waals surface area contributed by atoms with Crippen LogP contribution in [-0.4, -0.2) is 48.7 Å². The van der Waals surface area contributed by atoms with Crippen LogP contribution < -0.4 is 18.9 Å². The number of benzene rings is 4. The van der Waals surface area contributed by atoms with E-state index in [1.807, 2.05) is 12.2 Å². The number of allylic oxidation sites excluding steroid dienone is 2. The van der Waals surface area contributed by atoms with Crippen LogP contribution in [0, 0.1) is 11.6 Å². The van der Waals surface area contributed by atoms with Crippen LogP contribution in [0.4, 0.5) is 8.78 Å². The molecule has 0 bridgehead atoms. The Kier molecular flexibility index (Phi) is 18.0. The maximum atomic E-state index is 13.4. The summed E-state index contributed by atoms with van der Waals surface area (Å²) >= 11 is 25.1. The van der Waals surface area contributed by atoms with Crippen LogP contribution >= 0.6 is 46.4 Å². The summed E-state index contributed by atoms with van der Waals surface area (Å²) in [4.78, 5) is 24.8. The Balaban J connectivity index is 0.000000234. The molecule has 64 heavy (non-hydrogen) atoms. The van der Waals surface area contributed by atoms with E-state index in [9.17, 15) is 23.5 Å². The van der Waals surface area contributed by atoms with Crippen molar-refractivity contribution >= 4 is 81.6 Å². The molecule has 0 aliphatic heterocycles. The molecule has 2 aliphatic carbocycles. The van der Waals surface area contributed by atoms with E-state index in [4.69, 9.17) is 51.1 Å². The van der Waals surface area contributed by atoms with Gasteiger partial charge in [-0.1, -0.05) is 83.5 Å². The number of aromatic carboxylic acids is 1. The zero-order valence-electron chi connectivity index (χ0n) is 35.2. The average molecular weight is 943 g/mol. The molecule has 2 aromatic heterocycles. The SMILES string of the molecule is CCOC(=O)c1nn(-c2ccc(Cl)cc2Cl)c2c1CCCCC/C2=C\c1ccc(F)cc1.O=C(O)c1nn(-c2ccc(Cl)cc2Cl)c2c1CCCCC/C2=C\c1ccc(F)cc1.[Li+].[OH-]. The number of nitrogens with zero attached hydrogens (tertiary/aromatic N) is 4. The number of carbonyl (C=O) groups is 2. The Morgan fingerprint density at radius 3 is 1.45 bits per heavy atom. The van der Waals surface area contributed by atoms with Crippen molar-refractivity contribution in [3.8, 4) is 11.4 Å². The Morgan fingerprint density at radius 1 is 0.641 bits per heavy atom. The topological polar surface area (TPSA) is 129 Å². The van der Waals surface area contributed by atoms with Crippen molar-refractivity contribution in [3.05, 3.63) is 162 Å². The van der Waals surface area contributed by atoms with Gasteiger partial charge < -0.3 is 15.3 Å². The number of ether oxygens (including phenoxy) is 1. The summed E-state index contributed by atoms with van der Waals surface area (Å²) < 4.78 is 35.4.